The number of nitrogens with zero attached hydrogens (tertiary/aromatic N) is 3. The van der Waals surface area contributed by atoms with E-state index in [2.05, 4.69) is 15.3 Å². The van der Waals surface area contributed by atoms with Crippen LogP contribution in [-0.4, -0.2) is 18.2 Å². The molecule has 20 heavy (non-hydrogen) atoms. The monoisotopic (exact) mass is 274 g/mol. The van der Waals surface area contributed by atoms with Crippen molar-refractivity contribution >= 4 is 17.9 Å². The number of azide groups is 1. The molecule has 0 saturated heterocycles. The van der Waals surface area contributed by atoms with Crippen LogP contribution in [0.5, 0.6) is 0 Å². The number of benzene rings is 1. The van der Waals surface area contributed by atoms with Crippen molar-refractivity contribution in [2.75, 3.05) is 6.54 Å². The maximum atomic E-state index is 11.4. The quantitative estimate of drug-likeness (QED) is 0.507. The van der Waals surface area contributed by atoms with Gasteiger partial charge in [0.15, 0.2) is 0 Å². The molecule has 1 aromatic rings. The molecule has 0 aliphatic rings. The molecule has 1 rings (SSSR count). The first-order valence-electron chi connectivity index (χ1n) is 6.20. The van der Waals surface area contributed by atoms with E-state index >= 15 is 0 Å². The number of amides is 1. The Morgan fingerprint density at radius 1 is 1.45 bits per heavy atom. The van der Waals surface area contributed by atoms with E-state index in [1.165, 1.54) is 0 Å². The summed E-state index contributed by atoms with van der Waals surface area (Å²) in [4.78, 5) is 14.2. The minimum Gasteiger partial charge on any atom is -0.444 e. The van der Waals surface area contributed by atoms with Crippen LogP contribution in [0.4, 0.5) is 10.5 Å². The lowest BCUT2D eigenvalue weighted by Gasteiger charge is -2.19. The topological polar surface area (TPSA) is 87.1 Å². The van der Waals surface area contributed by atoms with Crippen LogP contribution in [0.15, 0.2) is 35.5 Å². The van der Waals surface area contributed by atoms with E-state index in [1.54, 1.807) is 45.1 Å². The normalized spacial score (nSPS) is 10.9. The predicted octanol–water partition coefficient (Wildman–Crippen LogP) is 4.17. The highest BCUT2D eigenvalue weighted by atomic mass is 16.6. The summed E-state index contributed by atoms with van der Waals surface area (Å²) in [6, 6.07) is 7.19. The lowest BCUT2D eigenvalue weighted by atomic mass is 10.1. The number of ether oxygens (including phenoxy) is 1. The molecule has 1 amide bonds. The van der Waals surface area contributed by atoms with Crippen LogP contribution in [0.2, 0.25) is 0 Å². The zero-order valence-electron chi connectivity index (χ0n) is 11.8. The van der Waals surface area contributed by atoms with Gasteiger partial charge < -0.3 is 10.1 Å². The van der Waals surface area contributed by atoms with E-state index in [1.807, 2.05) is 12.1 Å². The third kappa shape index (κ3) is 5.93. The summed E-state index contributed by atoms with van der Waals surface area (Å²) >= 11 is 0. The summed E-state index contributed by atoms with van der Waals surface area (Å²) in [5.41, 5.74) is 9.28. The van der Waals surface area contributed by atoms with Crippen LogP contribution in [0.1, 0.15) is 26.3 Å². The van der Waals surface area contributed by atoms with Gasteiger partial charge in [0.25, 0.3) is 0 Å². The lowest BCUT2D eigenvalue weighted by molar-refractivity contribution is 0.0534. The first kappa shape index (κ1) is 15.6. The molecule has 6 nitrogen and oxygen atoms in total. The molecule has 0 heterocycles. The van der Waals surface area contributed by atoms with Gasteiger partial charge in [0, 0.05) is 17.1 Å². The molecule has 0 aliphatic heterocycles. The van der Waals surface area contributed by atoms with Crippen molar-refractivity contribution in [1.29, 1.82) is 0 Å². The third-order valence-electron chi connectivity index (χ3n) is 2.15. The number of hydrogen-bond donors (Lipinski definition) is 1. The van der Waals surface area contributed by atoms with E-state index in [0.717, 1.165) is 5.56 Å². The zero-order chi connectivity index (χ0) is 15.0. The Morgan fingerprint density at radius 3 is 2.80 bits per heavy atom. The molecule has 0 spiro atoms. The molecule has 106 valence electrons. The van der Waals surface area contributed by atoms with Gasteiger partial charge in [-0.05, 0) is 31.9 Å². The maximum absolute atomic E-state index is 11.4. The summed E-state index contributed by atoms with van der Waals surface area (Å²) in [7, 11) is 0. The third-order valence-corrected chi connectivity index (χ3v) is 2.15. The van der Waals surface area contributed by atoms with Gasteiger partial charge in [-0.1, -0.05) is 41.5 Å². The molecule has 0 atom stereocenters. The van der Waals surface area contributed by atoms with Crippen LogP contribution in [-0.2, 0) is 4.74 Å². The standard InChI is InChI=1S/C14H18N4O2/c1-14(2,3)20-13(19)16-10-6-8-11-7-4-5-9-12(11)17-18-15/h4-9H,10H2,1-3H3,(H,16,19). The first-order valence-corrected chi connectivity index (χ1v) is 6.20. The van der Waals surface area contributed by atoms with Crippen molar-refractivity contribution in [2.45, 2.75) is 26.4 Å². The van der Waals surface area contributed by atoms with E-state index in [4.69, 9.17) is 10.3 Å². The summed E-state index contributed by atoms with van der Waals surface area (Å²) in [6.07, 6.45) is 3.07. The largest absolute Gasteiger partial charge is 0.444 e. The van der Waals surface area contributed by atoms with E-state index < -0.39 is 11.7 Å². The Balaban J connectivity index is 2.54. The number of alkyl carbamates (subject to hydrolysis) is 1. The van der Waals surface area contributed by atoms with Crippen molar-refractivity contribution in [1.82, 2.24) is 5.32 Å². The zero-order valence-corrected chi connectivity index (χ0v) is 11.8. The molecule has 0 bridgehead atoms. The fourth-order valence-electron chi connectivity index (χ4n) is 1.41. The first-order chi connectivity index (χ1) is 9.42. The second kappa shape index (κ2) is 7.21. The predicted molar refractivity (Wildman–Crippen MR) is 78.5 cm³/mol. The van der Waals surface area contributed by atoms with Gasteiger partial charge in [0.1, 0.15) is 5.60 Å². The van der Waals surface area contributed by atoms with Crippen molar-refractivity contribution in [3.05, 3.63) is 46.3 Å². The van der Waals surface area contributed by atoms with Gasteiger partial charge in [-0.25, -0.2) is 4.79 Å². The molecule has 0 fully saturated rings. The molecular weight excluding hydrogens is 256 g/mol. The van der Waals surface area contributed by atoms with Crippen LogP contribution in [0.3, 0.4) is 0 Å². The molecule has 0 radical (unpaired) electrons. The van der Waals surface area contributed by atoms with Gasteiger partial charge in [-0.15, -0.1) is 0 Å². The Morgan fingerprint density at radius 2 is 2.15 bits per heavy atom. The molecule has 0 saturated carbocycles. The van der Waals surface area contributed by atoms with Crippen LogP contribution in [0.25, 0.3) is 16.5 Å². The van der Waals surface area contributed by atoms with Gasteiger partial charge >= 0.3 is 6.09 Å². The minimum atomic E-state index is -0.512. The smallest absolute Gasteiger partial charge is 0.407 e. The van der Waals surface area contributed by atoms with E-state index in [9.17, 15) is 4.79 Å². The Kier molecular flexibility index (Phi) is 5.62. The molecule has 0 aliphatic carbocycles. The van der Waals surface area contributed by atoms with Crippen LogP contribution >= 0.6 is 0 Å². The van der Waals surface area contributed by atoms with Gasteiger partial charge in [0.2, 0.25) is 0 Å². The molecular formula is C14H18N4O2. The summed E-state index contributed by atoms with van der Waals surface area (Å²) in [5, 5.41) is 6.20. The maximum Gasteiger partial charge on any atom is 0.407 e. The van der Waals surface area contributed by atoms with Crippen LogP contribution < -0.4 is 5.32 Å². The number of nitrogens with one attached hydrogen (secondary N) is 1. The lowest BCUT2D eigenvalue weighted by Crippen LogP contribution is -2.32. The summed E-state index contributed by atoms with van der Waals surface area (Å²) in [5.74, 6) is 0. The van der Waals surface area contributed by atoms with E-state index in [0.29, 0.717) is 12.2 Å². The van der Waals surface area contributed by atoms with Crippen LogP contribution in [0, 0.1) is 0 Å². The highest BCUT2D eigenvalue weighted by molar-refractivity contribution is 5.68. The second-order valence-corrected chi connectivity index (χ2v) is 5.03. The number of rotatable bonds is 4. The Hall–Kier alpha value is -2.46. The van der Waals surface area contributed by atoms with Crippen molar-refractivity contribution in [3.63, 3.8) is 0 Å². The Labute approximate surface area is 118 Å². The van der Waals surface area contributed by atoms with Gasteiger partial charge in [-0.3, -0.25) is 0 Å². The van der Waals surface area contributed by atoms with Gasteiger partial charge in [0.05, 0.1) is 0 Å². The number of hydrogen-bond acceptors (Lipinski definition) is 3. The van der Waals surface area contributed by atoms with E-state index in [-0.39, 0.29) is 0 Å². The highest BCUT2D eigenvalue weighted by Gasteiger charge is 2.14. The molecule has 1 N–H and O–H groups in total. The Bertz CT molecular complexity index is 540. The SMILES string of the molecule is CC(C)(C)OC(=O)NCC=Cc1ccccc1N=[N+]=[N-]. The number of carbonyl (C=O) groups is 1. The molecule has 0 aromatic heterocycles. The average Bonchev–Trinajstić information content (AvgIpc) is 2.34. The average molecular weight is 274 g/mol. The van der Waals surface area contributed by atoms with Gasteiger partial charge in [-0.2, -0.15) is 0 Å². The fraction of sp³-hybridized carbons (Fsp3) is 0.357. The summed E-state index contributed by atoms with van der Waals surface area (Å²) < 4.78 is 5.10. The summed E-state index contributed by atoms with van der Waals surface area (Å²) in [6.45, 7) is 5.75. The molecule has 0 unspecified atom stereocenters. The van der Waals surface area contributed by atoms with Crippen molar-refractivity contribution < 1.29 is 9.53 Å². The van der Waals surface area contributed by atoms with Crippen molar-refractivity contribution in [3.8, 4) is 0 Å². The number of carbonyl (C=O) groups excluding carboxylic acids is 1. The fourth-order valence-corrected chi connectivity index (χ4v) is 1.41. The second-order valence-electron chi connectivity index (χ2n) is 5.03. The van der Waals surface area contributed by atoms with Crippen molar-refractivity contribution in [2.24, 2.45) is 5.11 Å². The molecule has 1 aromatic carbocycles. The minimum absolute atomic E-state index is 0.333. The highest BCUT2D eigenvalue weighted by Crippen LogP contribution is 2.19. The molecule has 6 heteroatoms.